The highest BCUT2D eigenvalue weighted by Gasteiger charge is 2.18. The van der Waals surface area contributed by atoms with Crippen LogP contribution in [0.3, 0.4) is 0 Å². The molecule has 0 unspecified atom stereocenters. The molecule has 2 aromatic carbocycles. The maximum absolute atomic E-state index is 6.50. The van der Waals surface area contributed by atoms with Crippen molar-refractivity contribution in [2.45, 2.75) is 51.2 Å². The van der Waals surface area contributed by atoms with E-state index in [4.69, 9.17) is 27.9 Å². The molecule has 0 spiro atoms. The first-order valence-corrected chi connectivity index (χ1v) is 10.7. The zero-order valence-corrected chi connectivity index (χ0v) is 17.0. The molecule has 2 aliphatic rings. The first-order valence-electron chi connectivity index (χ1n) is 9.90. The Morgan fingerprint density at radius 3 is 2.63 bits per heavy atom. The Bertz CT molecular complexity index is 803. The van der Waals surface area contributed by atoms with Gasteiger partial charge in [0.25, 0.3) is 0 Å². The van der Waals surface area contributed by atoms with Gasteiger partial charge in [0, 0.05) is 6.54 Å². The lowest BCUT2D eigenvalue weighted by Crippen LogP contribution is -2.16. The maximum Gasteiger partial charge on any atom is 0.138 e. The van der Waals surface area contributed by atoms with Crippen LogP contribution < -0.4 is 15.4 Å². The molecule has 1 heterocycles. The van der Waals surface area contributed by atoms with Gasteiger partial charge in [0.1, 0.15) is 5.75 Å². The lowest BCUT2D eigenvalue weighted by Gasteiger charge is -2.17. The van der Waals surface area contributed by atoms with E-state index >= 15 is 0 Å². The van der Waals surface area contributed by atoms with Gasteiger partial charge in [-0.1, -0.05) is 35.3 Å². The van der Waals surface area contributed by atoms with Crippen LogP contribution in [0.5, 0.6) is 5.75 Å². The molecule has 1 aliphatic carbocycles. The molecule has 1 saturated carbocycles. The van der Waals surface area contributed by atoms with Crippen molar-refractivity contribution in [1.82, 2.24) is 5.32 Å². The van der Waals surface area contributed by atoms with Crippen molar-refractivity contribution < 1.29 is 4.74 Å². The van der Waals surface area contributed by atoms with Gasteiger partial charge in [-0.2, -0.15) is 0 Å². The highest BCUT2D eigenvalue weighted by Crippen LogP contribution is 2.33. The maximum atomic E-state index is 6.50. The Balaban J connectivity index is 1.46. The Hall–Kier alpha value is -1.42. The van der Waals surface area contributed by atoms with E-state index in [0.29, 0.717) is 17.7 Å². The average Bonchev–Trinajstić information content (AvgIpc) is 3.06. The monoisotopic (exact) mass is 404 g/mol. The van der Waals surface area contributed by atoms with Crippen molar-refractivity contribution in [3.8, 4) is 5.75 Å². The molecule has 4 rings (SSSR count). The number of benzene rings is 2. The molecule has 0 radical (unpaired) electrons. The van der Waals surface area contributed by atoms with E-state index in [1.54, 1.807) is 0 Å². The van der Waals surface area contributed by atoms with Crippen molar-refractivity contribution in [2.24, 2.45) is 0 Å². The van der Waals surface area contributed by atoms with Gasteiger partial charge in [-0.05, 0) is 86.5 Å². The summed E-state index contributed by atoms with van der Waals surface area (Å²) in [6, 6.07) is 10.2. The average molecular weight is 405 g/mol. The number of rotatable bonds is 5. The van der Waals surface area contributed by atoms with E-state index in [0.717, 1.165) is 60.8 Å². The lowest BCUT2D eigenvalue weighted by atomic mass is 10.0. The third-order valence-electron chi connectivity index (χ3n) is 5.54. The van der Waals surface area contributed by atoms with E-state index in [1.807, 2.05) is 18.2 Å². The summed E-state index contributed by atoms with van der Waals surface area (Å²) in [5.74, 6) is 0.796. The van der Waals surface area contributed by atoms with Crippen LogP contribution >= 0.6 is 23.2 Å². The Labute approximate surface area is 171 Å². The number of ether oxygens (including phenoxy) is 1. The van der Waals surface area contributed by atoms with Gasteiger partial charge >= 0.3 is 0 Å². The molecule has 27 heavy (non-hydrogen) atoms. The summed E-state index contributed by atoms with van der Waals surface area (Å²) in [5.41, 5.74) is 4.89. The fourth-order valence-corrected chi connectivity index (χ4v) is 4.55. The zero-order valence-electron chi connectivity index (χ0n) is 15.5. The second-order valence-corrected chi connectivity index (χ2v) is 8.27. The minimum absolute atomic E-state index is 0.318. The van der Waals surface area contributed by atoms with Crippen molar-refractivity contribution >= 4 is 28.9 Å². The van der Waals surface area contributed by atoms with Crippen LogP contribution in [0.25, 0.3) is 0 Å². The molecular formula is C22H26Cl2N2O. The van der Waals surface area contributed by atoms with Crippen molar-refractivity contribution in [3.05, 3.63) is 57.1 Å². The minimum Gasteiger partial charge on any atom is -0.489 e. The molecule has 2 aromatic rings. The first kappa shape index (κ1) is 18.9. The Morgan fingerprint density at radius 1 is 1.00 bits per heavy atom. The molecular weight excluding hydrogens is 379 g/mol. The second kappa shape index (κ2) is 8.72. The highest BCUT2D eigenvalue weighted by atomic mass is 35.5. The predicted molar refractivity (Wildman–Crippen MR) is 113 cm³/mol. The fraction of sp³-hybridized carbons (Fsp3) is 0.455. The molecule has 0 bridgehead atoms. The van der Waals surface area contributed by atoms with Crippen LogP contribution in [0.1, 0.15) is 42.4 Å². The van der Waals surface area contributed by atoms with Crippen LogP contribution in [-0.2, 0) is 19.4 Å². The number of halogens is 2. The summed E-state index contributed by atoms with van der Waals surface area (Å²) in [6.07, 6.45) is 7.12. The summed E-state index contributed by atoms with van der Waals surface area (Å²) in [4.78, 5) is 0. The van der Waals surface area contributed by atoms with Crippen LogP contribution in [0.4, 0.5) is 5.69 Å². The van der Waals surface area contributed by atoms with Crippen molar-refractivity contribution in [2.75, 3.05) is 18.4 Å². The third-order valence-corrected chi connectivity index (χ3v) is 6.15. The second-order valence-electron chi connectivity index (χ2n) is 7.45. The van der Waals surface area contributed by atoms with Crippen LogP contribution in [-0.4, -0.2) is 19.2 Å². The van der Waals surface area contributed by atoms with Gasteiger partial charge in [0.05, 0.1) is 21.8 Å². The fourth-order valence-electron chi connectivity index (χ4n) is 4.06. The van der Waals surface area contributed by atoms with Gasteiger partial charge in [-0.15, -0.1) is 0 Å². The predicted octanol–water partition coefficient (Wildman–Crippen LogP) is 5.62. The van der Waals surface area contributed by atoms with Gasteiger partial charge in [-0.3, -0.25) is 0 Å². The van der Waals surface area contributed by atoms with Crippen LogP contribution in [0.2, 0.25) is 10.0 Å². The SMILES string of the molecule is Clc1cc(CNc2c(Cl)ccc3c2CCNCC3)ccc1OC1CCCC1. The normalized spacial score (nSPS) is 17.4. The molecule has 0 saturated heterocycles. The first-order chi connectivity index (χ1) is 13.2. The Kier molecular flexibility index (Phi) is 6.11. The smallest absolute Gasteiger partial charge is 0.138 e. The molecule has 144 valence electrons. The number of hydrogen-bond acceptors (Lipinski definition) is 3. The number of nitrogens with one attached hydrogen (secondary N) is 2. The summed E-state index contributed by atoms with van der Waals surface area (Å²) in [6.45, 7) is 2.69. The number of hydrogen-bond donors (Lipinski definition) is 2. The van der Waals surface area contributed by atoms with Gasteiger partial charge in [-0.25, -0.2) is 0 Å². The lowest BCUT2D eigenvalue weighted by molar-refractivity contribution is 0.210. The van der Waals surface area contributed by atoms with E-state index in [1.165, 1.54) is 24.0 Å². The largest absolute Gasteiger partial charge is 0.489 e. The van der Waals surface area contributed by atoms with Gasteiger partial charge in [0.15, 0.2) is 0 Å². The summed E-state index contributed by atoms with van der Waals surface area (Å²) < 4.78 is 6.05. The van der Waals surface area contributed by atoms with E-state index in [2.05, 4.69) is 22.8 Å². The summed E-state index contributed by atoms with van der Waals surface area (Å²) >= 11 is 13.0. The summed E-state index contributed by atoms with van der Waals surface area (Å²) in [7, 11) is 0. The van der Waals surface area contributed by atoms with Crippen LogP contribution in [0.15, 0.2) is 30.3 Å². The third kappa shape index (κ3) is 4.53. The molecule has 2 N–H and O–H groups in total. The molecule has 0 amide bonds. The van der Waals surface area contributed by atoms with Gasteiger partial charge in [0.2, 0.25) is 0 Å². The number of fused-ring (bicyclic) bond motifs is 1. The molecule has 1 aliphatic heterocycles. The Morgan fingerprint density at radius 2 is 1.81 bits per heavy atom. The van der Waals surface area contributed by atoms with Crippen molar-refractivity contribution in [3.63, 3.8) is 0 Å². The van der Waals surface area contributed by atoms with E-state index < -0.39 is 0 Å². The molecule has 0 aromatic heterocycles. The summed E-state index contributed by atoms with van der Waals surface area (Å²) in [5, 5.41) is 8.47. The molecule has 5 heteroatoms. The van der Waals surface area contributed by atoms with Crippen LogP contribution in [0, 0.1) is 0 Å². The van der Waals surface area contributed by atoms with Gasteiger partial charge < -0.3 is 15.4 Å². The van der Waals surface area contributed by atoms with E-state index in [-0.39, 0.29) is 0 Å². The number of anilines is 1. The molecule has 0 atom stereocenters. The molecule has 1 fully saturated rings. The van der Waals surface area contributed by atoms with Crippen molar-refractivity contribution in [1.29, 1.82) is 0 Å². The highest BCUT2D eigenvalue weighted by molar-refractivity contribution is 6.33. The molecule has 3 nitrogen and oxygen atoms in total. The zero-order chi connectivity index (χ0) is 18.6. The standard InChI is InChI=1S/C22H26Cl2N2O/c23-19-7-6-16-9-11-25-12-10-18(16)22(19)26-14-15-5-8-21(20(24)13-15)27-17-3-1-2-4-17/h5-8,13,17,25-26H,1-4,9-12,14H2. The quantitative estimate of drug-likeness (QED) is 0.678. The minimum atomic E-state index is 0.318. The van der Waals surface area contributed by atoms with E-state index in [9.17, 15) is 0 Å². The topological polar surface area (TPSA) is 33.3 Å².